The number of likely N-dealkylation sites (N-methyl/N-ethyl adjacent to an activating group) is 1. The van der Waals surface area contributed by atoms with Gasteiger partial charge in [-0.25, -0.2) is 4.79 Å². The van der Waals surface area contributed by atoms with Gasteiger partial charge in [0.15, 0.2) is 0 Å². The molecule has 1 heterocycles. The highest BCUT2D eigenvalue weighted by Gasteiger charge is 2.31. The van der Waals surface area contributed by atoms with Gasteiger partial charge >= 0.3 is 11.7 Å². The lowest BCUT2D eigenvalue weighted by molar-refractivity contribution is -0.387. The van der Waals surface area contributed by atoms with Gasteiger partial charge < -0.3 is 4.90 Å². The van der Waals surface area contributed by atoms with Crippen molar-refractivity contribution < 1.29 is 14.1 Å². The number of amides is 2. The number of urea groups is 1. The largest absolute Gasteiger partial charge is 0.326 e. The summed E-state index contributed by atoms with van der Waals surface area (Å²) >= 11 is 0. The van der Waals surface area contributed by atoms with Crippen LogP contribution in [0.25, 0.3) is 0 Å². The molecular formula is C14H22FN3O3. The zero-order valence-corrected chi connectivity index (χ0v) is 13.1. The second-order valence-corrected chi connectivity index (χ2v) is 3.72. The van der Waals surface area contributed by atoms with Gasteiger partial charge in [-0.1, -0.05) is 33.8 Å². The molecule has 1 saturated heterocycles. The van der Waals surface area contributed by atoms with Crippen molar-refractivity contribution in [3.63, 3.8) is 0 Å². The van der Waals surface area contributed by atoms with Crippen LogP contribution in [0.5, 0.6) is 0 Å². The van der Waals surface area contributed by atoms with E-state index in [4.69, 9.17) is 0 Å². The van der Waals surface area contributed by atoms with E-state index < -0.39 is 16.4 Å². The summed E-state index contributed by atoms with van der Waals surface area (Å²) in [4.78, 5) is 24.1. The summed E-state index contributed by atoms with van der Waals surface area (Å²) in [5.41, 5.74) is -0.668. The summed E-state index contributed by atoms with van der Waals surface area (Å²) in [6.45, 7) is 8.80. The first-order valence-corrected chi connectivity index (χ1v) is 6.98. The van der Waals surface area contributed by atoms with Crippen molar-refractivity contribution in [2.24, 2.45) is 0 Å². The van der Waals surface area contributed by atoms with Crippen LogP contribution in [0.1, 0.15) is 27.7 Å². The first-order chi connectivity index (χ1) is 10.0. The van der Waals surface area contributed by atoms with E-state index in [2.05, 4.69) is 0 Å². The lowest BCUT2D eigenvalue weighted by Gasteiger charge is -2.16. The van der Waals surface area contributed by atoms with Gasteiger partial charge in [0.2, 0.25) is 5.82 Å². The Kier molecular flexibility index (Phi) is 7.96. The number of carbonyl (C=O) groups excluding carboxylic acids is 1. The number of carbonyl (C=O) groups is 1. The number of hydrogen-bond acceptors (Lipinski definition) is 3. The Morgan fingerprint density at radius 2 is 1.76 bits per heavy atom. The molecule has 1 fully saturated rings. The number of halogens is 1. The zero-order chi connectivity index (χ0) is 16.6. The molecule has 7 heteroatoms. The third kappa shape index (κ3) is 4.14. The summed E-state index contributed by atoms with van der Waals surface area (Å²) in [7, 11) is 1.59. The van der Waals surface area contributed by atoms with Gasteiger partial charge in [-0.15, -0.1) is 0 Å². The van der Waals surface area contributed by atoms with Gasteiger partial charge in [0.05, 0.1) is 10.6 Å². The Morgan fingerprint density at radius 1 is 1.19 bits per heavy atom. The van der Waals surface area contributed by atoms with Crippen molar-refractivity contribution in [2.45, 2.75) is 27.7 Å². The van der Waals surface area contributed by atoms with Crippen LogP contribution in [0.4, 0.5) is 20.6 Å². The van der Waals surface area contributed by atoms with E-state index in [1.165, 1.54) is 21.9 Å². The van der Waals surface area contributed by atoms with Gasteiger partial charge in [0, 0.05) is 26.2 Å². The molecule has 0 N–H and O–H groups in total. The number of nitrogens with zero attached hydrogens (tertiary/aromatic N) is 3. The molecule has 0 saturated carbocycles. The van der Waals surface area contributed by atoms with Crippen LogP contribution in [0, 0.1) is 15.9 Å². The second kappa shape index (κ2) is 8.89. The monoisotopic (exact) mass is 299 g/mol. The van der Waals surface area contributed by atoms with Crippen molar-refractivity contribution in [1.82, 2.24) is 4.90 Å². The lowest BCUT2D eigenvalue weighted by atomic mass is 10.2. The normalized spacial score (nSPS) is 13.1. The van der Waals surface area contributed by atoms with Crippen molar-refractivity contribution in [3.05, 3.63) is 34.1 Å². The molecule has 0 radical (unpaired) electrons. The third-order valence-electron chi connectivity index (χ3n) is 2.66. The average Bonchev–Trinajstić information content (AvgIpc) is 2.83. The molecule has 0 spiro atoms. The number of nitro groups is 1. The van der Waals surface area contributed by atoms with E-state index in [1.54, 1.807) is 7.05 Å². The first kappa shape index (κ1) is 18.8. The molecule has 0 aromatic heterocycles. The summed E-state index contributed by atoms with van der Waals surface area (Å²) < 4.78 is 13.8. The maximum absolute atomic E-state index is 13.8. The van der Waals surface area contributed by atoms with Gasteiger partial charge in [-0.3, -0.25) is 15.0 Å². The maximum atomic E-state index is 13.8. The van der Waals surface area contributed by atoms with E-state index in [0.717, 1.165) is 6.07 Å². The van der Waals surface area contributed by atoms with Crippen molar-refractivity contribution in [1.29, 1.82) is 0 Å². The minimum Gasteiger partial charge on any atom is -0.326 e. The summed E-state index contributed by atoms with van der Waals surface area (Å²) in [6, 6.07) is 3.44. The number of hydrogen-bond donors (Lipinski definition) is 0. The molecule has 2 amide bonds. The van der Waals surface area contributed by atoms with Gasteiger partial charge in [-0.2, -0.15) is 4.39 Å². The molecular weight excluding hydrogens is 277 g/mol. The maximum Gasteiger partial charge on any atom is 0.324 e. The number of nitro benzene ring substituents is 1. The summed E-state index contributed by atoms with van der Waals surface area (Å²) in [5.74, 6) is -0.971. The van der Waals surface area contributed by atoms with Gasteiger partial charge in [0.1, 0.15) is 0 Å². The minimum absolute atomic E-state index is 0.0476. The predicted octanol–water partition coefficient (Wildman–Crippen LogP) is 3.66. The standard InChI is InChI=1S/C10H10FN3O3.2C2H6/c1-12-5-6-13(10(12)15)7-3-2-4-8(9(7)11)14(16)17;2*1-2/h2-4H,5-6H2,1H3;2*1-2H3. The molecule has 1 aliphatic rings. The highest BCUT2D eigenvalue weighted by Crippen LogP contribution is 2.29. The predicted molar refractivity (Wildman–Crippen MR) is 81.1 cm³/mol. The van der Waals surface area contributed by atoms with Crippen molar-refractivity contribution in [2.75, 3.05) is 25.0 Å². The van der Waals surface area contributed by atoms with E-state index in [0.29, 0.717) is 13.1 Å². The fourth-order valence-electron chi connectivity index (χ4n) is 1.73. The quantitative estimate of drug-likeness (QED) is 0.618. The van der Waals surface area contributed by atoms with Crippen LogP contribution in [0.15, 0.2) is 18.2 Å². The molecule has 1 aromatic rings. The Labute approximate surface area is 124 Å². The highest BCUT2D eigenvalue weighted by atomic mass is 19.1. The molecule has 0 aliphatic carbocycles. The fourth-order valence-corrected chi connectivity index (χ4v) is 1.73. The van der Waals surface area contributed by atoms with E-state index in [-0.39, 0.29) is 11.7 Å². The molecule has 6 nitrogen and oxygen atoms in total. The Morgan fingerprint density at radius 3 is 2.19 bits per heavy atom. The first-order valence-electron chi connectivity index (χ1n) is 6.98. The van der Waals surface area contributed by atoms with Crippen molar-refractivity contribution in [3.8, 4) is 0 Å². The van der Waals surface area contributed by atoms with E-state index >= 15 is 0 Å². The van der Waals surface area contributed by atoms with Crippen LogP contribution in [-0.2, 0) is 0 Å². The molecule has 1 aliphatic heterocycles. The Balaban J connectivity index is 0.000000921. The molecule has 0 atom stereocenters. The average molecular weight is 299 g/mol. The lowest BCUT2D eigenvalue weighted by Crippen LogP contribution is -2.29. The second-order valence-electron chi connectivity index (χ2n) is 3.72. The zero-order valence-electron chi connectivity index (χ0n) is 13.1. The minimum atomic E-state index is -0.971. The molecule has 2 rings (SSSR count). The molecule has 118 valence electrons. The molecule has 0 bridgehead atoms. The van der Waals surface area contributed by atoms with Crippen LogP contribution in [0.3, 0.4) is 0 Å². The van der Waals surface area contributed by atoms with Crippen molar-refractivity contribution >= 4 is 17.4 Å². The number of benzene rings is 1. The Bertz CT molecular complexity index is 494. The summed E-state index contributed by atoms with van der Waals surface area (Å²) in [5, 5.41) is 10.6. The molecule has 21 heavy (non-hydrogen) atoms. The topological polar surface area (TPSA) is 66.7 Å². The van der Waals surface area contributed by atoms with E-state index in [1.807, 2.05) is 27.7 Å². The third-order valence-corrected chi connectivity index (χ3v) is 2.66. The fraction of sp³-hybridized carbons (Fsp3) is 0.500. The summed E-state index contributed by atoms with van der Waals surface area (Å²) in [6.07, 6.45) is 0. The molecule has 0 unspecified atom stereocenters. The Hall–Kier alpha value is -2.18. The SMILES string of the molecule is CC.CC.CN1CCN(c2cccc([N+](=O)[O-])c2F)C1=O. The number of rotatable bonds is 2. The van der Waals surface area contributed by atoms with Crippen LogP contribution in [-0.4, -0.2) is 36.0 Å². The highest BCUT2D eigenvalue weighted by molar-refractivity contribution is 5.94. The van der Waals surface area contributed by atoms with Crippen LogP contribution in [0.2, 0.25) is 0 Å². The van der Waals surface area contributed by atoms with Gasteiger partial charge in [0.25, 0.3) is 0 Å². The number of anilines is 1. The molecule has 1 aromatic carbocycles. The smallest absolute Gasteiger partial charge is 0.324 e. The van der Waals surface area contributed by atoms with E-state index in [9.17, 15) is 19.3 Å². The van der Waals surface area contributed by atoms with Crippen LogP contribution < -0.4 is 4.90 Å². The van der Waals surface area contributed by atoms with Crippen LogP contribution >= 0.6 is 0 Å². The van der Waals surface area contributed by atoms with Gasteiger partial charge in [-0.05, 0) is 6.07 Å².